The van der Waals surface area contributed by atoms with Crippen molar-refractivity contribution in [3.05, 3.63) is 29.8 Å². The van der Waals surface area contributed by atoms with Crippen LogP contribution in [-0.2, 0) is 16.6 Å². The molecular weight excluding hydrogens is 260 g/mol. The first-order valence-electron chi connectivity index (χ1n) is 6.81. The van der Waals surface area contributed by atoms with Gasteiger partial charge in [0.15, 0.2) is 0 Å². The third-order valence-electron chi connectivity index (χ3n) is 3.67. The molecule has 106 valence electrons. The van der Waals surface area contributed by atoms with Gasteiger partial charge in [-0.3, -0.25) is 0 Å². The van der Waals surface area contributed by atoms with E-state index in [0.717, 1.165) is 24.8 Å². The summed E-state index contributed by atoms with van der Waals surface area (Å²) in [6, 6.07) is 7.36. The molecule has 1 aliphatic heterocycles. The van der Waals surface area contributed by atoms with Gasteiger partial charge in [-0.15, -0.1) is 0 Å². The van der Waals surface area contributed by atoms with Crippen LogP contribution in [0.3, 0.4) is 0 Å². The molecule has 1 heterocycles. The van der Waals surface area contributed by atoms with Crippen molar-refractivity contribution in [2.75, 3.05) is 13.6 Å². The largest absolute Gasteiger partial charge is 0.316 e. The van der Waals surface area contributed by atoms with Crippen molar-refractivity contribution >= 4 is 10.0 Å². The van der Waals surface area contributed by atoms with E-state index in [2.05, 4.69) is 5.32 Å². The highest BCUT2D eigenvalue weighted by Crippen LogP contribution is 2.26. The molecule has 2 rings (SSSR count). The minimum atomic E-state index is -3.37. The van der Waals surface area contributed by atoms with E-state index in [1.165, 1.54) is 0 Å². The second-order valence-electron chi connectivity index (χ2n) is 5.10. The molecule has 1 saturated heterocycles. The predicted octanol–water partition coefficient (Wildman–Crippen LogP) is 1.97. The molecule has 1 fully saturated rings. The Balaban J connectivity index is 2.38. The van der Waals surface area contributed by atoms with E-state index in [1.807, 2.05) is 26.1 Å². The standard InChI is InChI=1S/C14H22N2O2S/c1-12-7-5-6-10-16(12)19(17,18)14-9-4-3-8-13(14)11-15-2/h3-4,8-9,12,15H,5-7,10-11H2,1-2H3. The van der Waals surface area contributed by atoms with Gasteiger partial charge in [-0.05, 0) is 38.4 Å². The lowest BCUT2D eigenvalue weighted by atomic mass is 10.1. The third kappa shape index (κ3) is 2.99. The molecule has 19 heavy (non-hydrogen) atoms. The van der Waals surface area contributed by atoms with Crippen LogP contribution >= 0.6 is 0 Å². The number of nitrogens with zero attached hydrogens (tertiary/aromatic N) is 1. The molecule has 1 unspecified atom stereocenters. The number of hydrogen-bond acceptors (Lipinski definition) is 3. The van der Waals surface area contributed by atoms with Gasteiger partial charge >= 0.3 is 0 Å². The van der Waals surface area contributed by atoms with Crippen LogP contribution in [0, 0.1) is 0 Å². The van der Waals surface area contributed by atoms with Crippen molar-refractivity contribution in [2.24, 2.45) is 0 Å². The smallest absolute Gasteiger partial charge is 0.243 e. The minimum Gasteiger partial charge on any atom is -0.316 e. The van der Waals surface area contributed by atoms with Crippen molar-refractivity contribution in [1.29, 1.82) is 0 Å². The van der Waals surface area contributed by atoms with E-state index >= 15 is 0 Å². The summed E-state index contributed by atoms with van der Waals surface area (Å²) in [7, 11) is -1.54. The highest BCUT2D eigenvalue weighted by Gasteiger charge is 2.32. The summed E-state index contributed by atoms with van der Waals surface area (Å²) in [5.74, 6) is 0. The highest BCUT2D eigenvalue weighted by atomic mass is 32.2. The second-order valence-corrected chi connectivity index (χ2v) is 6.96. The van der Waals surface area contributed by atoms with Gasteiger partial charge in [0.1, 0.15) is 0 Å². The summed E-state index contributed by atoms with van der Waals surface area (Å²) < 4.78 is 27.2. The fraction of sp³-hybridized carbons (Fsp3) is 0.571. The van der Waals surface area contributed by atoms with Gasteiger partial charge in [0.25, 0.3) is 0 Å². The molecule has 5 heteroatoms. The number of rotatable bonds is 4. The molecule has 0 saturated carbocycles. The number of nitrogens with one attached hydrogen (secondary N) is 1. The molecule has 0 radical (unpaired) electrons. The molecule has 0 aliphatic carbocycles. The SMILES string of the molecule is CNCc1ccccc1S(=O)(=O)N1CCCCC1C. The van der Waals surface area contributed by atoms with Gasteiger partial charge in [0.05, 0.1) is 4.90 Å². The lowest BCUT2D eigenvalue weighted by molar-refractivity contribution is 0.268. The van der Waals surface area contributed by atoms with E-state index in [4.69, 9.17) is 0 Å². The molecule has 0 bridgehead atoms. The molecule has 1 N–H and O–H groups in total. The first kappa shape index (κ1) is 14.5. The Morgan fingerprint density at radius 3 is 2.74 bits per heavy atom. The Bertz CT molecular complexity index is 528. The number of sulfonamides is 1. The molecule has 4 nitrogen and oxygen atoms in total. The van der Waals surface area contributed by atoms with Gasteiger partial charge in [0.2, 0.25) is 10.0 Å². The number of benzene rings is 1. The van der Waals surface area contributed by atoms with Crippen LogP contribution in [0.25, 0.3) is 0 Å². The fourth-order valence-corrected chi connectivity index (χ4v) is 4.57. The normalized spacial score (nSPS) is 21.5. The van der Waals surface area contributed by atoms with Crippen LogP contribution in [0.2, 0.25) is 0 Å². The second kappa shape index (κ2) is 6.03. The van der Waals surface area contributed by atoms with Crippen molar-refractivity contribution in [1.82, 2.24) is 9.62 Å². The van der Waals surface area contributed by atoms with E-state index in [1.54, 1.807) is 16.4 Å². The predicted molar refractivity (Wildman–Crippen MR) is 76.4 cm³/mol. The summed E-state index contributed by atoms with van der Waals surface area (Å²) in [5.41, 5.74) is 0.836. The van der Waals surface area contributed by atoms with Crippen molar-refractivity contribution in [3.63, 3.8) is 0 Å². The average molecular weight is 282 g/mol. The van der Waals surface area contributed by atoms with E-state index in [0.29, 0.717) is 18.0 Å². The summed E-state index contributed by atoms with van der Waals surface area (Å²) in [6.07, 6.45) is 3.02. The van der Waals surface area contributed by atoms with Gasteiger partial charge in [-0.2, -0.15) is 4.31 Å². The maximum atomic E-state index is 12.8. The average Bonchev–Trinajstić information content (AvgIpc) is 2.40. The number of hydrogen-bond donors (Lipinski definition) is 1. The molecule has 1 aromatic rings. The van der Waals surface area contributed by atoms with Gasteiger partial charge in [0, 0.05) is 19.1 Å². The quantitative estimate of drug-likeness (QED) is 0.918. The molecule has 1 aliphatic rings. The van der Waals surface area contributed by atoms with Crippen LogP contribution < -0.4 is 5.32 Å². The van der Waals surface area contributed by atoms with E-state index in [9.17, 15) is 8.42 Å². The van der Waals surface area contributed by atoms with Gasteiger partial charge < -0.3 is 5.32 Å². The third-order valence-corrected chi connectivity index (χ3v) is 5.78. The minimum absolute atomic E-state index is 0.0985. The van der Waals surface area contributed by atoms with E-state index in [-0.39, 0.29) is 6.04 Å². The first-order valence-corrected chi connectivity index (χ1v) is 8.25. The Morgan fingerprint density at radius 2 is 2.05 bits per heavy atom. The molecule has 1 aromatic carbocycles. The highest BCUT2D eigenvalue weighted by molar-refractivity contribution is 7.89. The molecular formula is C14H22N2O2S. The Kier molecular flexibility index (Phi) is 4.60. The van der Waals surface area contributed by atoms with Crippen molar-refractivity contribution in [3.8, 4) is 0 Å². The molecule has 0 aromatic heterocycles. The first-order chi connectivity index (χ1) is 9.07. The molecule has 0 spiro atoms. The maximum absolute atomic E-state index is 12.8. The fourth-order valence-electron chi connectivity index (χ4n) is 2.65. The molecule has 1 atom stereocenters. The lowest BCUT2D eigenvalue weighted by Gasteiger charge is -2.32. The number of piperidine rings is 1. The van der Waals surface area contributed by atoms with Crippen LogP contribution in [0.5, 0.6) is 0 Å². The van der Waals surface area contributed by atoms with Crippen molar-refractivity contribution in [2.45, 2.75) is 43.7 Å². The zero-order valence-electron chi connectivity index (χ0n) is 11.6. The van der Waals surface area contributed by atoms with Crippen LogP contribution in [0.4, 0.5) is 0 Å². The van der Waals surface area contributed by atoms with Crippen LogP contribution in [0.15, 0.2) is 29.2 Å². The Morgan fingerprint density at radius 1 is 1.32 bits per heavy atom. The summed E-state index contributed by atoms with van der Waals surface area (Å²) >= 11 is 0. The Hall–Kier alpha value is -0.910. The molecule has 0 amide bonds. The lowest BCUT2D eigenvalue weighted by Crippen LogP contribution is -2.42. The summed E-state index contributed by atoms with van der Waals surface area (Å²) in [5, 5.41) is 3.03. The van der Waals surface area contributed by atoms with Crippen LogP contribution in [-0.4, -0.2) is 32.4 Å². The zero-order chi connectivity index (χ0) is 13.9. The zero-order valence-corrected chi connectivity index (χ0v) is 12.4. The maximum Gasteiger partial charge on any atom is 0.243 e. The van der Waals surface area contributed by atoms with E-state index < -0.39 is 10.0 Å². The van der Waals surface area contributed by atoms with Gasteiger partial charge in [-0.25, -0.2) is 8.42 Å². The Labute approximate surface area is 115 Å². The van der Waals surface area contributed by atoms with Gasteiger partial charge in [-0.1, -0.05) is 24.6 Å². The topological polar surface area (TPSA) is 49.4 Å². The van der Waals surface area contributed by atoms with Crippen molar-refractivity contribution < 1.29 is 8.42 Å². The monoisotopic (exact) mass is 282 g/mol. The summed E-state index contributed by atoms with van der Waals surface area (Å²) in [6.45, 7) is 3.20. The van der Waals surface area contributed by atoms with Crippen LogP contribution in [0.1, 0.15) is 31.7 Å². The summed E-state index contributed by atoms with van der Waals surface area (Å²) in [4.78, 5) is 0.443.